The minimum absolute atomic E-state index is 0.614. The highest BCUT2D eigenvalue weighted by molar-refractivity contribution is 5.57. The van der Waals surface area contributed by atoms with Crippen molar-refractivity contribution in [3.63, 3.8) is 0 Å². The predicted molar refractivity (Wildman–Crippen MR) is 79.8 cm³/mol. The van der Waals surface area contributed by atoms with Crippen LogP contribution in [0.1, 0.15) is 12.8 Å². The van der Waals surface area contributed by atoms with E-state index in [-0.39, 0.29) is 0 Å². The van der Waals surface area contributed by atoms with E-state index in [9.17, 15) is 0 Å². The maximum Gasteiger partial charge on any atom is 0.229 e. The number of nitrogens with zero attached hydrogens (tertiary/aromatic N) is 3. The molecule has 1 aliphatic rings. The lowest BCUT2D eigenvalue weighted by atomic mass is 10.3. The van der Waals surface area contributed by atoms with Crippen molar-refractivity contribution < 1.29 is 4.74 Å². The van der Waals surface area contributed by atoms with Crippen molar-refractivity contribution in [2.24, 2.45) is 0 Å². The van der Waals surface area contributed by atoms with Crippen molar-refractivity contribution in [3.05, 3.63) is 36.5 Å². The van der Waals surface area contributed by atoms with Crippen LogP contribution in [0.25, 0.3) is 0 Å². The smallest absolute Gasteiger partial charge is 0.229 e. The Morgan fingerprint density at radius 3 is 2.85 bits per heavy atom. The Labute approximate surface area is 118 Å². The van der Waals surface area contributed by atoms with Crippen molar-refractivity contribution >= 4 is 17.5 Å². The number of anilines is 3. The Morgan fingerprint density at radius 2 is 2.05 bits per heavy atom. The van der Waals surface area contributed by atoms with Gasteiger partial charge in [-0.2, -0.15) is 4.98 Å². The molecule has 0 spiro atoms. The molecule has 1 saturated heterocycles. The summed E-state index contributed by atoms with van der Waals surface area (Å²) in [6, 6.07) is 9.69. The highest BCUT2D eigenvalue weighted by atomic mass is 16.5. The Morgan fingerprint density at radius 1 is 1.20 bits per heavy atom. The van der Waals surface area contributed by atoms with E-state index >= 15 is 0 Å². The molecule has 1 aromatic heterocycles. The van der Waals surface area contributed by atoms with E-state index in [2.05, 4.69) is 20.2 Å². The molecule has 0 unspecified atom stereocenters. The van der Waals surface area contributed by atoms with Crippen LogP contribution in [0.4, 0.5) is 17.5 Å². The number of hydrogen-bond acceptors (Lipinski definition) is 5. The van der Waals surface area contributed by atoms with Gasteiger partial charge in [0.2, 0.25) is 5.95 Å². The van der Waals surface area contributed by atoms with E-state index in [4.69, 9.17) is 4.74 Å². The molecule has 2 heterocycles. The first-order chi connectivity index (χ1) is 9.85. The largest absolute Gasteiger partial charge is 0.497 e. The highest BCUT2D eigenvalue weighted by Crippen LogP contribution is 2.22. The molecule has 1 aliphatic heterocycles. The van der Waals surface area contributed by atoms with Gasteiger partial charge in [-0.3, -0.25) is 0 Å². The third-order valence-electron chi connectivity index (χ3n) is 3.40. The fraction of sp³-hybridized carbons (Fsp3) is 0.333. The molecule has 0 aliphatic carbocycles. The van der Waals surface area contributed by atoms with E-state index in [0.29, 0.717) is 5.95 Å². The number of ether oxygens (including phenoxy) is 1. The molecule has 0 saturated carbocycles. The predicted octanol–water partition coefficient (Wildman–Crippen LogP) is 2.83. The van der Waals surface area contributed by atoms with Crippen LogP contribution in [0, 0.1) is 0 Å². The zero-order chi connectivity index (χ0) is 13.8. The molecule has 20 heavy (non-hydrogen) atoms. The molecule has 2 aromatic rings. The molecular formula is C15H18N4O. The van der Waals surface area contributed by atoms with E-state index < -0.39 is 0 Å². The lowest BCUT2D eigenvalue weighted by Crippen LogP contribution is -2.19. The maximum absolute atomic E-state index is 5.21. The second kappa shape index (κ2) is 5.77. The second-order valence-corrected chi connectivity index (χ2v) is 4.79. The monoisotopic (exact) mass is 270 g/mol. The van der Waals surface area contributed by atoms with E-state index in [0.717, 1.165) is 30.3 Å². The standard InChI is InChI=1S/C15H18N4O/c1-20-13-6-4-5-12(11-13)17-15-16-8-7-14(18-15)19-9-2-3-10-19/h4-8,11H,2-3,9-10H2,1H3,(H,16,17,18). The average Bonchev–Trinajstić information content (AvgIpc) is 3.02. The molecule has 5 nitrogen and oxygen atoms in total. The maximum atomic E-state index is 5.21. The van der Waals surface area contributed by atoms with E-state index in [1.165, 1.54) is 12.8 Å². The van der Waals surface area contributed by atoms with Crippen molar-refractivity contribution in [2.45, 2.75) is 12.8 Å². The fourth-order valence-electron chi connectivity index (χ4n) is 2.36. The summed E-state index contributed by atoms with van der Waals surface area (Å²) in [6.45, 7) is 2.16. The van der Waals surface area contributed by atoms with Gasteiger partial charge in [0.25, 0.3) is 0 Å². The number of methoxy groups -OCH3 is 1. The molecular weight excluding hydrogens is 252 g/mol. The minimum Gasteiger partial charge on any atom is -0.497 e. The molecule has 1 N–H and O–H groups in total. The van der Waals surface area contributed by atoms with Crippen LogP contribution in [0.3, 0.4) is 0 Å². The van der Waals surface area contributed by atoms with Crippen molar-refractivity contribution in [1.29, 1.82) is 0 Å². The number of aromatic nitrogens is 2. The van der Waals surface area contributed by atoms with Crippen LogP contribution in [-0.2, 0) is 0 Å². The van der Waals surface area contributed by atoms with Crippen LogP contribution in [0.15, 0.2) is 36.5 Å². The van der Waals surface area contributed by atoms with Crippen molar-refractivity contribution in [2.75, 3.05) is 30.4 Å². The zero-order valence-corrected chi connectivity index (χ0v) is 11.5. The SMILES string of the molecule is COc1cccc(Nc2nccc(N3CCCC3)n2)c1. The molecule has 0 bridgehead atoms. The molecule has 3 rings (SSSR count). The first kappa shape index (κ1) is 12.7. The van der Waals surface area contributed by atoms with Crippen molar-refractivity contribution in [1.82, 2.24) is 9.97 Å². The summed E-state index contributed by atoms with van der Waals surface area (Å²) in [5.74, 6) is 2.41. The summed E-state index contributed by atoms with van der Waals surface area (Å²) in [4.78, 5) is 11.1. The Hall–Kier alpha value is -2.30. The third-order valence-corrected chi connectivity index (χ3v) is 3.40. The van der Waals surface area contributed by atoms with Gasteiger partial charge in [-0.1, -0.05) is 6.07 Å². The number of hydrogen-bond donors (Lipinski definition) is 1. The number of benzene rings is 1. The van der Waals surface area contributed by atoms with Gasteiger partial charge in [0.1, 0.15) is 11.6 Å². The molecule has 0 amide bonds. The summed E-state index contributed by atoms with van der Waals surface area (Å²) >= 11 is 0. The van der Waals surface area contributed by atoms with Gasteiger partial charge in [-0.05, 0) is 31.0 Å². The quantitative estimate of drug-likeness (QED) is 0.925. The van der Waals surface area contributed by atoms with E-state index in [1.807, 2.05) is 30.3 Å². The van der Waals surface area contributed by atoms with Gasteiger partial charge in [0, 0.05) is 31.0 Å². The van der Waals surface area contributed by atoms with Crippen LogP contribution >= 0.6 is 0 Å². The number of nitrogens with one attached hydrogen (secondary N) is 1. The van der Waals surface area contributed by atoms with Gasteiger partial charge in [-0.15, -0.1) is 0 Å². The first-order valence-electron chi connectivity index (χ1n) is 6.84. The molecule has 0 radical (unpaired) electrons. The van der Waals surface area contributed by atoms with Crippen LogP contribution in [0.2, 0.25) is 0 Å². The molecule has 104 valence electrons. The van der Waals surface area contributed by atoms with Gasteiger partial charge in [0.05, 0.1) is 7.11 Å². The lowest BCUT2D eigenvalue weighted by molar-refractivity contribution is 0.415. The molecule has 1 aromatic carbocycles. The molecule has 0 atom stereocenters. The van der Waals surface area contributed by atoms with Crippen molar-refractivity contribution in [3.8, 4) is 5.75 Å². The average molecular weight is 270 g/mol. The minimum atomic E-state index is 0.614. The highest BCUT2D eigenvalue weighted by Gasteiger charge is 2.14. The Bertz CT molecular complexity index is 582. The Balaban J connectivity index is 1.78. The molecule has 1 fully saturated rings. The van der Waals surface area contributed by atoms with Gasteiger partial charge in [0.15, 0.2) is 0 Å². The summed E-state index contributed by atoms with van der Waals surface area (Å²) < 4.78 is 5.21. The van der Waals surface area contributed by atoms with Gasteiger partial charge >= 0.3 is 0 Å². The normalized spacial score (nSPS) is 14.3. The lowest BCUT2D eigenvalue weighted by Gasteiger charge is -2.16. The fourth-order valence-corrected chi connectivity index (χ4v) is 2.36. The van der Waals surface area contributed by atoms with Crippen LogP contribution < -0.4 is 15.0 Å². The van der Waals surface area contributed by atoms with E-state index in [1.54, 1.807) is 13.3 Å². The zero-order valence-electron chi connectivity index (χ0n) is 11.5. The summed E-state index contributed by atoms with van der Waals surface area (Å²) in [6.07, 6.45) is 4.27. The third kappa shape index (κ3) is 2.82. The topological polar surface area (TPSA) is 50.3 Å². The molecule has 5 heteroatoms. The Kier molecular flexibility index (Phi) is 3.67. The van der Waals surface area contributed by atoms with Gasteiger partial charge < -0.3 is 15.0 Å². The number of rotatable bonds is 4. The summed E-state index contributed by atoms with van der Waals surface area (Å²) in [5.41, 5.74) is 0.919. The summed E-state index contributed by atoms with van der Waals surface area (Å²) in [5, 5.41) is 3.21. The second-order valence-electron chi connectivity index (χ2n) is 4.79. The van der Waals surface area contributed by atoms with Gasteiger partial charge in [-0.25, -0.2) is 4.98 Å². The summed E-state index contributed by atoms with van der Waals surface area (Å²) in [7, 11) is 1.66. The van der Waals surface area contributed by atoms with Crippen LogP contribution in [0.5, 0.6) is 5.75 Å². The van der Waals surface area contributed by atoms with Crippen LogP contribution in [-0.4, -0.2) is 30.2 Å². The first-order valence-corrected chi connectivity index (χ1v) is 6.84.